The molecule has 2 rings (SSSR count). The summed E-state index contributed by atoms with van der Waals surface area (Å²) in [6.07, 6.45) is 3.91. The van der Waals surface area contributed by atoms with Crippen LogP contribution in [0.1, 0.15) is 31.2 Å². The van der Waals surface area contributed by atoms with Crippen molar-refractivity contribution in [3.63, 3.8) is 0 Å². The molecule has 1 aliphatic carbocycles. The molecule has 0 aromatic carbocycles. The van der Waals surface area contributed by atoms with Gasteiger partial charge >= 0.3 is 12.0 Å². The summed E-state index contributed by atoms with van der Waals surface area (Å²) >= 11 is 0. The maximum Gasteiger partial charge on any atom is 0.315 e. The molecule has 1 aliphatic rings. The highest BCUT2D eigenvalue weighted by molar-refractivity contribution is 5.77. The summed E-state index contributed by atoms with van der Waals surface area (Å²) < 4.78 is 5.01. The van der Waals surface area contributed by atoms with Crippen LogP contribution in [0.2, 0.25) is 0 Å². The number of urea groups is 1. The van der Waals surface area contributed by atoms with Crippen LogP contribution in [0, 0.1) is 0 Å². The number of hydrogen-bond donors (Lipinski definition) is 3. The van der Waals surface area contributed by atoms with Crippen molar-refractivity contribution in [2.24, 2.45) is 0 Å². The average molecular weight is 293 g/mol. The van der Waals surface area contributed by atoms with E-state index in [9.17, 15) is 9.59 Å². The number of rotatable bonds is 6. The van der Waals surface area contributed by atoms with Gasteiger partial charge in [0.1, 0.15) is 0 Å². The summed E-state index contributed by atoms with van der Waals surface area (Å²) in [6.45, 7) is 0.327. The van der Waals surface area contributed by atoms with Gasteiger partial charge in [0.05, 0.1) is 19.1 Å². The van der Waals surface area contributed by atoms with Crippen LogP contribution in [0.3, 0.4) is 0 Å². The summed E-state index contributed by atoms with van der Waals surface area (Å²) in [5, 5.41) is 14.4. The van der Waals surface area contributed by atoms with E-state index in [0.717, 1.165) is 12.0 Å². The van der Waals surface area contributed by atoms with Crippen LogP contribution in [0.4, 0.5) is 4.79 Å². The Morgan fingerprint density at radius 2 is 2.24 bits per heavy atom. The summed E-state index contributed by atoms with van der Waals surface area (Å²) in [7, 11) is 1.53. The van der Waals surface area contributed by atoms with E-state index in [-0.39, 0.29) is 12.5 Å². The van der Waals surface area contributed by atoms with E-state index in [1.807, 2.05) is 0 Å². The number of hydrogen-bond acceptors (Lipinski definition) is 4. The first-order valence-corrected chi connectivity index (χ1v) is 6.80. The zero-order chi connectivity index (χ0) is 15.3. The van der Waals surface area contributed by atoms with E-state index in [1.165, 1.54) is 7.11 Å². The molecular formula is C14H19N3O4. The second kappa shape index (κ2) is 6.43. The van der Waals surface area contributed by atoms with Gasteiger partial charge < -0.3 is 20.5 Å². The molecule has 1 heterocycles. The van der Waals surface area contributed by atoms with Gasteiger partial charge in [-0.2, -0.15) is 0 Å². The van der Waals surface area contributed by atoms with Gasteiger partial charge in [0.25, 0.3) is 0 Å². The number of nitrogens with zero attached hydrogens (tertiary/aromatic N) is 1. The molecular weight excluding hydrogens is 274 g/mol. The van der Waals surface area contributed by atoms with Gasteiger partial charge in [0.2, 0.25) is 5.88 Å². The molecule has 0 aliphatic heterocycles. The molecule has 0 spiro atoms. The Morgan fingerprint density at radius 1 is 1.48 bits per heavy atom. The lowest BCUT2D eigenvalue weighted by molar-refractivity contribution is -0.139. The minimum absolute atomic E-state index is 0.0382. The van der Waals surface area contributed by atoms with Gasteiger partial charge in [-0.3, -0.25) is 4.79 Å². The van der Waals surface area contributed by atoms with E-state index in [4.69, 9.17) is 9.84 Å². The smallest absolute Gasteiger partial charge is 0.315 e. The number of pyridine rings is 1. The van der Waals surface area contributed by atoms with E-state index in [2.05, 4.69) is 15.6 Å². The lowest BCUT2D eigenvalue weighted by Gasteiger charge is -2.41. The van der Waals surface area contributed by atoms with Crippen molar-refractivity contribution in [1.82, 2.24) is 15.6 Å². The fourth-order valence-electron chi connectivity index (χ4n) is 2.38. The average Bonchev–Trinajstić information content (AvgIpc) is 2.42. The van der Waals surface area contributed by atoms with Crippen LogP contribution >= 0.6 is 0 Å². The normalized spacial score (nSPS) is 15.7. The molecule has 114 valence electrons. The van der Waals surface area contributed by atoms with Crippen LogP contribution in [0.25, 0.3) is 0 Å². The fourth-order valence-corrected chi connectivity index (χ4v) is 2.38. The maximum absolute atomic E-state index is 11.9. The van der Waals surface area contributed by atoms with Gasteiger partial charge in [-0.05, 0) is 30.9 Å². The first-order chi connectivity index (χ1) is 10.0. The summed E-state index contributed by atoms with van der Waals surface area (Å²) in [6, 6.07) is 3.15. The molecule has 1 saturated carbocycles. The van der Waals surface area contributed by atoms with Crippen molar-refractivity contribution in [2.75, 3.05) is 7.11 Å². The Hall–Kier alpha value is -2.31. The van der Waals surface area contributed by atoms with Crippen molar-refractivity contribution in [2.45, 2.75) is 37.8 Å². The van der Waals surface area contributed by atoms with Crippen molar-refractivity contribution in [3.8, 4) is 5.88 Å². The number of carboxylic acids is 1. The SMILES string of the molecule is COc1cc(CNC(=O)NC2(CC(=O)O)CCC2)ccn1. The summed E-state index contributed by atoms with van der Waals surface area (Å²) in [4.78, 5) is 26.7. The quantitative estimate of drug-likeness (QED) is 0.733. The van der Waals surface area contributed by atoms with Crippen molar-refractivity contribution < 1.29 is 19.4 Å². The molecule has 2 amide bonds. The standard InChI is InChI=1S/C14H19N3O4/c1-21-11-7-10(3-6-15-11)9-16-13(20)17-14(4-2-5-14)8-12(18)19/h3,6-7H,2,4-5,8-9H2,1H3,(H,18,19)(H2,16,17,20). The van der Waals surface area contributed by atoms with E-state index >= 15 is 0 Å². The highest BCUT2D eigenvalue weighted by atomic mass is 16.5. The molecule has 7 nitrogen and oxygen atoms in total. The first-order valence-electron chi connectivity index (χ1n) is 6.80. The zero-order valence-corrected chi connectivity index (χ0v) is 11.9. The highest BCUT2D eigenvalue weighted by Crippen LogP contribution is 2.34. The molecule has 0 bridgehead atoms. The molecule has 1 fully saturated rings. The molecule has 0 unspecified atom stereocenters. The van der Waals surface area contributed by atoms with Crippen LogP contribution in [0.15, 0.2) is 18.3 Å². The van der Waals surface area contributed by atoms with Crippen LogP contribution in [-0.4, -0.2) is 34.7 Å². The molecule has 1 aromatic rings. The zero-order valence-electron chi connectivity index (χ0n) is 11.9. The lowest BCUT2D eigenvalue weighted by atomic mass is 9.74. The second-order valence-electron chi connectivity index (χ2n) is 5.22. The monoisotopic (exact) mass is 293 g/mol. The molecule has 1 aromatic heterocycles. The second-order valence-corrected chi connectivity index (χ2v) is 5.22. The third-order valence-electron chi connectivity index (χ3n) is 3.64. The molecule has 3 N–H and O–H groups in total. The number of methoxy groups -OCH3 is 1. The van der Waals surface area contributed by atoms with Crippen molar-refractivity contribution in [3.05, 3.63) is 23.9 Å². The predicted molar refractivity (Wildman–Crippen MR) is 75.0 cm³/mol. The van der Waals surface area contributed by atoms with Crippen molar-refractivity contribution >= 4 is 12.0 Å². The van der Waals surface area contributed by atoms with Crippen LogP contribution in [0.5, 0.6) is 5.88 Å². The number of aliphatic carboxylic acids is 1. The Bertz CT molecular complexity index is 529. The summed E-state index contributed by atoms with van der Waals surface area (Å²) in [5.74, 6) is -0.412. The number of aromatic nitrogens is 1. The Kier molecular flexibility index (Phi) is 4.62. The highest BCUT2D eigenvalue weighted by Gasteiger charge is 2.40. The minimum atomic E-state index is -0.895. The van der Waals surface area contributed by atoms with E-state index in [0.29, 0.717) is 25.3 Å². The lowest BCUT2D eigenvalue weighted by Crippen LogP contribution is -2.57. The molecule has 21 heavy (non-hydrogen) atoms. The van der Waals surface area contributed by atoms with Crippen LogP contribution < -0.4 is 15.4 Å². The largest absolute Gasteiger partial charge is 0.481 e. The van der Waals surface area contributed by atoms with Gasteiger partial charge in [0.15, 0.2) is 0 Å². The number of carbonyl (C=O) groups is 2. The van der Waals surface area contributed by atoms with Crippen molar-refractivity contribution in [1.29, 1.82) is 0 Å². The fraction of sp³-hybridized carbons (Fsp3) is 0.500. The number of carboxylic acid groups (broad SMARTS) is 1. The van der Waals surface area contributed by atoms with Crippen LogP contribution in [-0.2, 0) is 11.3 Å². The molecule has 0 atom stereocenters. The van der Waals surface area contributed by atoms with Gasteiger partial charge in [0, 0.05) is 18.8 Å². The molecule has 0 saturated heterocycles. The number of carbonyl (C=O) groups excluding carboxylic acids is 1. The molecule has 7 heteroatoms. The van der Waals surface area contributed by atoms with Gasteiger partial charge in [-0.1, -0.05) is 0 Å². The Morgan fingerprint density at radius 3 is 2.81 bits per heavy atom. The maximum atomic E-state index is 11.9. The van der Waals surface area contributed by atoms with Gasteiger partial charge in [-0.15, -0.1) is 0 Å². The number of nitrogens with one attached hydrogen (secondary N) is 2. The topological polar surface area (TPSA) is 101 Å². The first kappa shape index (κ1) is 15.1. The Balaban J connectivity index is 1.85. The molecule has 0 radical (unpaired) electrons. The van der Waals surface area contributed by atoms with E-state index < -0.39 is 11.5 Å². The predicted octanol–water partition coefficient (Wildman–Crippen LogP) is 1.29. The van der Waals surface area contributed by atoms with Gasteiger partial charge in [-0.25, -0.2) is 9.78 Å². The number of amides is 2. The van der Waals surface area contributed by atoms with E-state index in [1.54, 1.807) is 18.3 Å². The number of ether oxygens (including phenoxy) is 1. The third kappa shape index (κ3) is 4.08. The summed E-state index contributed by atoms with van der Waals surface area (Å²) in [5.41, 5.74) is 0.268. The minimum Gasteiger partial charge on any atom is -0.481 e. The third-order valence-corrected chi connectivity index (χ3v) is 3.64. The Labute approximate surface area is 122 Å².